The van der Waals surface area contributed by atoms with Crippen molar-refractivity contribution in [1.29, 1.82) is 0 Å². The summed E-state index contributed by atoms with van der Waals surface area (Å²) in [5.74, 6) is 0.0303. The maximum atomic E-state index is 12.7. The summed E-state index contributed by atoms with van der Waals surface area (Å²) >= 11 is 0. The summed E-state index contributed by atoms with van der Waals surface area (Å²) in [5, 5.41) is 15.1. The van der Waals surface area contributed by atoms with Crippen LogP contribution in [0, 0.1) is 0 Å². The fourth-order valence-electron chi connectivity index (χ4n) is 3.79. The van der Waals surface area contributed by atoms with Crippen LogP contribution in [0.4, 0.5) is 30.5 Å². The van der Waals surface area contributed by atoms with Gasteiger partial charge in [0.1, 0.15) is 17.5 Å². The summed E-state index contributed by atoms with van der Waals surface area (Å²) in [6.07, 6.45) is -4.32. The van der Waals surface area contributed by atoms with Gasteiger partial charge in [-0.3, -0.25) is 9.59 Å². The Kier molecular flexibility index (Phi) is 12.1. The Morgan fingerprint density at radius 2 is 1.37 bits per heavy atom. The largest absolute Gasteiger partial charge is 0.481 e. The van der Waals surface area contributed by atoms with Crippen LogP contribution >= 0.6 is 0 Å². The lowest BCUT2D eigenvalue weighted by atomic mass is 10.1. The molecule has 0 unspecified atom stereocenters. The number of halogens is 3. The maximum Gasteiger partial charge on any atom is 0.416 e. The number of carboxylic acid groups (broad SMARTS) is 1. The zero-order valence-electron chi connectivity index (χ0n) is 24.1. The van der Waals surface area contributed by atoms with Crippen molar-refractivity contribution in [3.05, 3.63) is 76.6 Å². The highest BCUT2D eigenvalue weighted by Crippen LogP contribution is 2.29. The van der Waals surface area contributed by atoms with E-state index < -0.39 is 23.6 Å². The lowest BCUT2D eigenvalue weighted by Crippen LogP contribution is -2.22. The second-order valence-corrected chi connectivity index (χ2v) is 9.49. The van der Waals surface area contributed by atoms with E-state index in [1.807, 2.05) is 0 Å². The standard InChI is InChI=1S/C25H26F3N5O3.C4H11N/c1-32(2)22-19(14-21(34)35)23(33(3)4)31-20(30-22)13-15-5-11-18(12-6-15)29-24(36)16-7-9-17(10-8-16)25(26,27)28;1-3-5-4-2/h5-12H,13-14H2,1-4H3,(H,29,36)(H,34,35);5H,3-4H2,1-2H3. The van der Waals surface area contributed by atoms with Gasteiger partial charge in [-0.2, -0.15) is 13.2 Å². The quantitative estimate of drug-likeness (QED) is 0.319. The van der Waals surface area contributed by atoms with Crippen molar-refractivity contribution in [3.8, 4) is 0 Å². The minimum atomic E-state index is -4.47. The Morgan fingerprint density at radius 3 is 1.76 bits per heavy atom. The molecule has 3 rings (SSSR count). The number of amides is 1. The molecule has 0 saturated carbocycles. The van der Waals surface area contributed by atoms with E-state index in [1.165, 1.54) is 0 Å². The number of carbonyl (C=O) groups is 2. The van der Waals surface area contributed by atoms with E-state index >= 15 is 0 Å². The molecule has 41 heavy (non-hydrogen) atoms. The second-order valence-electron chi connectivity index (χ2n) is 9.49. The number of rotatable bonds is 10. The number of hydrogen-bond acceptors (Lipinski definition) is 7. The van der Waals surface area contributed by atoms with Crippen LogP contribution in [0.25, 0.3) is 0 Å². The predicted molar refractivity (Wildman–Crippen MR) is 155 cm³/mol. The van der Waals surface area contributed by atoms with Crippen LogP contribution in [0.1, 0.15) is 46.7 Å². The van der Waals surface area contributed by atoms with Crippen molar-refractivity contribution in [2.24, 2.45) is 0 Å². The molecule has 12 heteroatoms. The molecule has 0 aliphatic rings. The number of aromatic nitrogens is 2. The van der Waals surface area contributed by atoms with Crippen molar-refractivity contribution in [2.75, 3.05) is 56.4 Å². The van der Waals surface area contributed by atoms with Crippen molar-refractivity contribution in [1.82, 2.24) is 15.3 Å². The Hall–Kier alpha value is -4.19. The lowest BCUT2D eigenvalue weighted by molar-refractivity contribution is -0.138. The number of benzene rings is 2. The van der Waals surface area contributed by atoms with Gasteiger partial charge in [0.2, 0.25) is 0 Å². The van der Waals surface area contributed by atoms with E-state index in [2.05, 4.69) is 34.4 Å². The molecule has 3 N–H and O–H groups in total. The number of anilines is 3. The first-order chi connectivity index (χ1) is 19.3. The molecule has 3 aromatic rings. The third-order valence-electron chi connectivity index (χ3n) is 5.73. The Balaban J connectivity index is 0.00000108. The van der Waals surface area contributed by atoms with Crippen LogP contribution in [0.2, 0.25) is 0 Å². The van der Waals surface area contributed by atoms with E-state index in [0.717, 1.165) is 42.9 Å². The normalized spacial score (nSPS) is 10.9. The fourth-order valence-corrected chi connectivity index (χ4v) is 3.79. The molecular formula is C29H37F3N6O3. The van der Waals surface area contributed by atoms with Crippen molar-refractivity contribution in [3.63, 3.8) is 0 Å². The fraction of sp³-hybridized carbons (Fsp3) is 0.379. The average Bonchev–Trinajstić information content (AvgIpc) is 2.90. The summed E-state index contributed by atoms with van der Waals surface area (Å²) < 4.78 is 38.1. The van der Waals surface area contributed by atoms with E-state index in [4.69, 9.17) is 0 Å². The van der Waals surface area contributed by atoms with Crippen LogP contribution in [-0.4, -0.2) is 68.2 Å². The molecule has 0 saturated heterocycles. The molecule has 2 aromatic carbocycles. The van der Waals surface area contributed by atoms with Crippen LogP contribution in [-0.2, 0) is 23.8 Å². The molecule has 0 aliphatic heterocycles. The first-order valence-electron chi connectivity index (χ1n) is 13.0. The summed E-state index contributed by atoms with van der Waals surface area (Å²) in [6.45, 7) is 6.39. The number of nitrogens with one attached hydrogen (secondary N) is 2. The van der Waals surface area contributed by atoms with Crippen LogP contribution in [0.3, 0.4) is 0 Å². The maximum absolute atomic E-state index is 12.7. The Morgan fingerprint density at radius 1 is 0.854 bits per heavy atom. The van der Waals surface area contributed by atoms with Gasteiger partial charge < -0.3 is 25.5 Å². The lowest BCUT2D eigenvalue weighted by Gasteiger charge is -2.22. The molecule has 1 heterocycles. The number of alkyl halides is 3. The zero-order chi connectivity index (χ0) is 30.7. The highest BCUT2D eigenvalue weighted by molar-refractivity contribution is 6.04. The monoisotopic (exact) mass is 574 g/mol. The molecule has 222 valence electrons. The molecule has 9 nitrogen and oxygen atoms in total. The summed E-state index contributed by atoms with van der Waals surface area (Å²) in [5.41, 5.74) is 1.13. The molecule has 1 aromatic heterocycles. The van der Waals surface area contributed by atoms with Gasteiger partial charge in [0.05, 0.1) is 12.0 Å². The van der Waals surface area contributed by atoms with E-state index in [1.54, 1.807) is 62.3 Å². The van der Waals surface area contributed by atoms with Crippen molar-refractivity contribution < 1.29 is 27.9 Å². The van der Waals surface area contributed by atoms with E-state index in [-0.39, 0.29) is 12.0 Å². The molecule has 0 atom stereocenters. The smallest absolute Gasteiger partial charge is 0.416 e. The zero-order valence-corrected chi connectivity index (χ0v) is 24.1. The summed E-state index contributed by atoms with van der Waals surface area (Å²) in [6, 6.07) is 10.9. The van der Waals surface area contributed by atoms with Gasteiger partial charge in [-0.1, -0.05) is 26.0 Å². The highest BCUT2D eigenvalue weighted by Gasteiger charge is 2.30. The van der Waals surface area contributed by atoms with Gasteiger partial charge in [0.25, 0.3) is 5.91 Å². The Labute approximate surface area is 238 Å². The van der Waals surface area contributed by atoms with Gasteiger partial charge in [-0.25, -0.2) is 9.97 Å². The topological polar surface area (TPSA) is 111 Å². The number of aliphatic carboxylic acids is 1. The molecule has 1 amide bonds. The third-order valence-corrected chi connectivity index (χ3v) is 5.73. The first-order valence-corrected chi connectivity index (χ1v) is 13.0. The number of carboxylic acids is 1. The van der Waals surface area contributed by atoms with E-state index in [9.17, 15) is 27.9 Å². The predicted octanol–water partition coefficient (Wildman–Crippen LogP) is 4.71. The van der Waals surface area contributed by atoms with Gasteiger partial charge in [-0.15, -0.1) is 0 Å². The first kappa shape index (κ1) is 33.0. The van der Waals surface area contributed by atoms with Crippen LogP contribution in [0.5, 0.6) is 0 Å². The highest BCUT2D eigenvalue weighted by atomic mass is 19.4. The van der Waals surface area contributed by atoms with Crippen LogP contribution in [0.15, 0.2) is 48.5 Å². The molecule has 0 bridgehead atoms. The van der Waals surface area contributed by atoms with Crippen molar-refractivity contribution >= 4 is 29.2 Å². The van der Waals surface area contributed by atoms with Gasteiger partial charge >= 0.3 is 12.1 Å². The molecule has 0 fully saturated rings. The minimum absolute atomic E-state index is 0.106. The molecular weight excluding hydrogens is 537 g/mol. The molecule has 0 aliphatic carbocycles. The van der Waals surface area contributed by atoms with E-state index in [0.29, 0.717) is 35.1 Å². The third kappa shape index (κ3) is 10.1. The SMILES string of the molecule is CCNCC.CN(C)c1nc(Cc2ccc(NC(=O)c3ccc(C(F)(F)F)cc3)cc2)nc(N(C)C)c1CC(=O)O. The second kappa shape index (κ2) is 15.0. The van der Waals surface area contributed by atoms with Crippen molar-refractivity contribution in [2.45, 2.75) is 32.9 Å². The summed E-state index contributed by atoms with van der Waals surface area (Å²) in [4.78, 5) is 36.4. The number of nitrogens with zero attached hydrogens (tertiary/aromatic N) is 4. The minimum Gasteiger partial charge on any atom is -0.481 e. The molecule has 0 spiro atoms. The number of hydrogen-bond donors (Lipinski definition) is 3. The summed E-state index contributed by atoms with van der Waals surface area (Å²) in [7, 11) is 7.13. The molecule has 0 radical (unpaired) electrons. The van der Waals surface area contributed by atoms with Gasteiger partial charge in [-0.05, 0) is 55.1 Å². The number of carbonyl (C=O) groups excluding carboxylic acids is 1. The van der Waals surface area contributed by atoms with Gasteiger partial charge in [0.15, 0.2) is 0 Å². The van der Waals surface area contributed by atoms with Crippen LogP contribution < -0.4 is 20.4 Å². The average molecular weight is 575 g/mol. The van der Waals surface area contributed by atoms with Gasteiger partial charge in [0, 0.05) is 51.4 Å². The Bertz CT molecular complexity index is 1260.